The van der Waals surface area contributed by atoms with E-state index in [1.54, 1.807) is 0 Å². The Labute approximate surface area is 93.8 Å². The first-order valence-corrected chi connectivity index (χ1v) is 7.08. The van der Waals surface area contributed by atoms with Gasteiger partial charge in [0.05, 0.1) is 0 Å². The fourth-order valence-electron chi connectivity index (χ4n) is 4.91. The van der Waals surface area contributed by atoms with E-state index in [-0.39, 0.29) is 0 Å². The lowest BCUT2D eigenvalue weighted by Gasteiger charge is -2.44. The normalized spacial score (nSPS) is 44.2. The highest BCUT2D eigenvalue weighted by Gasteiger charge is 2.55. The first kappa shape index (κ1) is 10.1. The van der Waals surface area contributed by atoms with Gasteiger partial charge in [0.15, 0.2) is 0 Å². The van der Waals surface area contributed by atoms with Gasteiger partial charge in [0.25, 0.3) is 0 Å². The minimum absolute atomic E-state index is 0.564. The molecule has 86 valence electrons. The van der Waals surface area contributed by atoms with Crippen molar-refractivity contribution in [1.82, 2.24) is 0 Å². The van der Waals surface area contributed by atoms with E-state index >= 15 is 0 Å². The topological polar surface area (TPSA) is 26.0 Å². The second-order valence-corrected chi connectivity index (χ2v) is 6.30. The zero-order chi connectivity index (χ0) is 10.3. The standard InChI is InChI=1S/C14H25N/c15-13-11-6-7-12(10-11)14(13)8-4-2-1-3-5-9-14/h11-13H,1-10,15H2/t11-,12+,13-/m0/s1. The zero-order valence-electron chi connectivity index (χ0n) is 9.88. The second-order valence-electron chi connectivity index (χ2n) is 6.30. The van der Waals surface area contributed by atoms with Crippen LogP contribution in [-0.2, 0) is 0 Å². The maximum atomic E-state index is 6.55. The van der Waals surface area contributed by atoms with Crippen molar-refractivity contribution in [3.8, 4) is 0 Å². The van der Waals surface area contributed by atoms with Crippen molar-refractivity contribution >= 4 is 0 Å². The van der Waals surface area contributed by atoms with Crippen LogP contribution in [-0.4, -0.2) is 6.04 Å². The predicted molar refractivity (Wildman–Crippen MR) is 63.6 cm³/mol. The molecular formula is C14H25N. The smallest absolute Gasteiger partial charge is 0.0127 e. The van der Waals surface area contributed by atoms with Gasteiger partial charge in [-0.15, -0.1) is 0 Å². The Hall–Kier alpha value is -0.0400. The van der Waals surface area contributed by atoms with Crippen molar-refractivity contribution in [2.75, 3.05) is 0 Å². The molecule has 0 aliphatic heterocycles. The van der Waals surface area contributed by atoms with E-state index in [0.29, 0.717) is 11.5 Å². The van der Waals surface area contributed by atoms with E-state index < -0.39 is 0 Å². The van der Waals surface area contributed by atoms with Gasteiger partial charge in [0.1, 0.15) is 0 Å². The van der Waals surface area contributed by atoms with Crippen molar-refractivity contribution < 1.29 is 0 Å². The Balaban J connectivity index is 1.80. The Morgan fingerprint density at radius 1 is 0.867 bits per heavy atom. The van der Waals surface area contributed by atoms with Crippen molar-refractivity contribution in [2.45, 2.75) is 70.3 Å². The Morgan fingerprint density at radius 3 is 2.13 bits per heavy atom. The van der Waals surface area contributed by atoms with Crippen LogP contribution in [0.4, 0.5) is 0 Å². The van der Waals surface area contributed by atoms with Gasteiger partial charge in [0.2, 0.25) is 0 Å². The highest BCUT2D eigenvalue weighted by Crippen LogP contribution is 2.60. The van der Waals surface area contributed by atoms with Gasteiger partial charge in [0, 0.05) is 6.04 Å². The lowest BCUT2D eigenvalue weighted by molar-refractivity contribution is 0.0912. The molecule has 2 N–H and O–H groups in total. The van der Waals surface area contributed by atoms with Crippen molar-refractivity contribution in [3.05, 3.63) is 0 Å². The summed E-state index contributed by atoms with van der Waals surface area (Å²) in [6.07, 6.45) is 14.6. The van der Waals surface area contributed by atoms with Crippen LogP contribution in [0.2, 0.25) is 0 Å². The van der Waals surface area contributed by atoms with E-state index in [9.17, 15) is 0 Å². The third kappa shape index (κ3) is 1.46. The predicted octanol–water partition coefficient (Wildman–Crippen LogP) is 3.47. The van der Waals surface area contributed by atoms with Crippen LogP contribution in [0.15, 0.2) is 0 Å². The summed E-state index contributed by atoms with van der Waals surface area (Å²) in [4.78, 5) is 0. The molecule has 0 aromatic heterocycles. The summed E-state index contributed by atoms with van der Waals surface area (Å²) in [5.74, 6) is 1.91. The Bertz CT molecular complexity index is 223. The lowest BCUT2D eigenvalue weighted by atomic mass is 9.63. The molecule has 0 saturated heterocycles. The monoisotopic (exact) mass is 207 g/mol. The molecule has 0 amide bonds. The molecule has 0 aromatic rings. The summed E-state index contributed by atoms with van der Waals surface area (Å²) in [5.41, 5.74) is 7.15. The molecule has 3 fully saturated rings. The third-order valence-corrected chi connectivity index (χ3v) is 5.74. The highest BCUT2D eigenvalue weighted by atomic mass is 14.8. The van der Waals surface area contributed by atoms with Crippen LogP contribution in [0.3, 0.4) is 0 Å². The molecule has 3 aliphatic rings. The molecule has 0 aromatic carbocycles. The molecule has 0 unspecified atom stereocenters. The lowest BCUT2D eigenvalue weighted by Crippen LogP contribution is -2.46. The number of hydrogen-bond donors (Lipinski definition) is 1. The number of fused-ring (bicyclic) bond motifs is 3. The van der Waals surface area contributed by atoms with Crippen LogP contribution in [0, 0.1) is 17.3 Å². The molecule has 3 atom stereocenters. The van der Waals surface area contributed by atoms with Crippen LogP contribution in [0.5, 0.6) is 0 Å². The van der Waals surface area contributed by atoms with E-state index in [4.69, 9.17) is 5.73 Å². The summed E-state index contributed by atoms with van der Waals surface area (Å²) >= 11 is 0. The second kappa shape index (κ2) is 3.76. The van der Waals surface area contributed by atoms with Crippen LogP contribution < -0.4 is 5.73 Å². The molecule has 1 heteroatoms. The third-order valence-electron chi connectivity index (χ3n) is 5.74. The SMILES string of the molecule is N[C@H]1[C@H]2CC[C@H](C2)C12CCCCCCC2. The maximum absolute atomic E-state index is 6.55. The molecule has 15 heavy (non-hydrogen) atoms. The van der Waals surface area contributed by atoms with Crippen molar-refractivity contribution in [3.63, 3.8) is 0 Å². The molecule has 3 aliphatic carbocycles. The molecule has 3 rings (SSSR count). The fourth-order valence-corrected chi connectivity index (χ4v) is 4.91. The molecule has 2 bridgehead atoms. The number of hydrogen-bond acceptors (Lipinski definition) is 1. The van der Waals surface area contributed by atoms with Crippen LogP contribution >= 0.6 is 0 Å². The summed E-state index contributed by atoms with van der Waals surface area (Å²) in [6.45, 7) is 0. The minimum atomic E-state index is 0.564. The maximum Gasteiger partial charge on any atom is 0.0127 e. The quantitative estimate of drug-likeness (QED) is 0.646. The van der Waals surface area contributed by atoms with Gasteiger partial charge in [-0.1, -0.05) is 32.1 Å². The molecule has 1 spiro atoms. The van der Waals surface area contributed by atoms with Crippen LogP contribution in [0.25, 0.3) is 0 Å². The molecule has 1 nitrogen and oxygen atoms in total. The Kier molecular flexibility index (Phi) is 2.54. The molecule has 0 heterocycles. The van der Waals surface area contributed by atoms with Gasteiger partial charge in [-0.3, -0.25) is 0 Å². The fraction of sp³-hybridized carbons (Fsp3) is 1.00. The van der Waals surface area contributed by atoms with E-state index in [1.807, 2.05) is 0 Å². The average Bonchev–Trinajstić information content (AvgIpc) is 2.74. The molecule has 0 radical (unpaired) electrons. The van der Waals surface area contributed by atoms with Gasteiger partial charge in [-0.25, -0.2) is 0 Å². The first-order chi connectivity index (χ1) is 7.33. The first-order valence-electron chi connectivity index (χ1n) is 7.08. The highest BCUT2D eigenvalue weighted by molar-refractivity contribution is 5.08. The molecule has 3 saturated carbocycles. The molecular weight excluding hydrogens is 182 g/mol. The van der Waals surface area contributed by atoms with Gasteiger partial charge < -0.3 is 5.73 Å². The summed E-state index contributed by atoms with van der Waals surface area (Å²) in [6, 6.07) is 0.564. The van der Waals surface area contributed by atoms with Crippen molar-refractivity contribution in [1.29, 1.82) is 0 Å². The Morgan fingerprint density at radius 2 is 1.53 bits per heavy atom. The average molecular weight is 207 g/mol. The van der Waals surface area contributed by atoms with E-state index in [2.05, 4.69) is 0 Å². The van der Waals surface area contributed by atoms with Gasteiger partial charge in [-0.2, -0.15) is 0 Å². The summed E-state index contributed by atoms with van der Waals surface area (Å²) in [5, 5.41) is 0. The van der Waals surface area contributed by atoms with E-state index in [0.717, 1.165) is 11.8 Å². The number of rotatable bonds is 0. The van der Waals surface area contributed by atoms with Crippen LogP contribution in [0.1, 0.15) is 64.2 Å². The summed E-state index contributed by atoms with van der Waals surface area (Å²) in [7, 11) is 0. The number of nitrogens with two attached hydrogens (primary N) is 1. The summed E-state index contributed by atoms with van der Waals surface area (Å²) < 4.78 is 0. The van der Waals surface area contributed by atoms with E-state index in [1.165, 1.54) is 64.2 Å². The van der Waals surface area contributed by atoms with Gasteiger partial charge in [-0.05, 0) is 49.4 Å². The minimum Gasteiger partial charge on any atom is -0.327 e. The van der Waals surface area contributed by atoms with Crippen molar-refractivity contribution in [2.24, 2.45) is 23.0 Å². The largest absolute Gasteiger partial charge is 0.327 e. The zero-order valence-corrected chi connectivity index (χ0v) is 9.88. The van der Waals surface area contributed by atoms with Gasteiger partial charge >= 0.3 is 0 Å².